The SMILES string of the molecule is CC(C)CCCCCC(=O)Oc1ccccc1S(=O)(=O)O. The van der Waals surface area contributed by atoms with Crippen LogP contribution >= 0.6 is 0 Å². The van der Waals surface area contributed by atoms with Crippen LogP contribution < -0.4 is 4.74 Å². The lowest BCUT2D eigenvalue weighted by atomic mass is 10.0. The van der Waals surface area contributed by atoms with Crippen LogP contribution in [0.15, 0.2) is 29.2 Å². The summed E-state index contributed by atoms with van der Waals surface area (Å²) in [6, 6.07) is 5.53. The van der Waals surface area contributed by atoms with Gasteiger partial charge < -0.3 is 4.74 Å². The van der Waals surface area contributed by atoms with Crippen molar-refractivity contribution >= 4 is 16.1 Å². The van der Waals surface area contributed by atoms with Crippen LogP contribution in [0.4, 0.5) is 0 Å². The average molecular weight is 314 g/mol. The summed E-state index contributed by atoms with van der Waals surface area (Å²) < 4.78 is 36.4. The summed E-state index contributed by atoms with van der Waals surface area (Å²) in [5.41, 5.74) is 0. The molecule has 0 aliphatic rings. The maximum absolute atomic E-state index is 11.7. The standard InChI is InChI=1S/C15H22O5S/c1-12(2)8-4-3-5-11-15(16)20-13-9-6-7-10-14(13)21(17,18)19/h6-7,9-10,12H,3-5,8,11H2,1-2H3,(H,17,18,19). The van der Waals surface area contributed by atoms with Gasteiger partial charge in [0.15, 0.2) is 5.75 Å². The predicted molar refractivity (Wildman–Crippen MR) is 79.8 cm³/mol. The van der Waals surface area contributed by atoms with E-state index in [0.29, 0.717) is 12.3 Å². The number of carbonyl (C=O) groups excluding carboxylic acids is 1. The van der Waals surface area contributed by atoms with Gasteiger partial charge in [-0.3, -0.25) is 9.35 Å². The van der Waals surface area contributed by atoms with E-state index in [1.165, 1.54) is 18.2 Å². The zero-order valence-corrected chi connectivity index (χ0v) is 13.2. The largest absolute Gasteiger partial charge is 0.425 e. The smallest absolute Gasteiger partial charge is 0.311 e. The van der Waals surface area contributed by atoms with Crippen molar-refractivity contribution in [3.63, 3.8) is 0 Å². The molecule has 0 radical (unpaired) electrons. The highest BCUT2D eigenvalue weighted by Gasteiger charge is 2.17. The van der Waals surface area contributed by atoms with Gasteiger partial charge >= 0.3 is 5.97 Å². The van der Waals surface area contributed by atoms with Crippen molar-refractivity contribution in [1.82, 2.24) is 0 Å². The molecule has 0 aliphatic heterocycles. The highest BCUT2D eigenvalue weighted by molar-refractivity contribution is 7.86. The highest BCUT2D eigenvalue weighted by atomic mass is 32.2. The number of unbranched alkanes of at least 4 members (excludes halogenated alkanes) is 2. The number of rotatable bonds is 8. The third-order valence-corrected chi connectivity index (χ3v) is 3.91. The van der Waals surface area contributed by atoms with Crippen LogP contribution in [0.2, 0.25) is 0 Å². The zero-order valence-electron chi connectivity index (χ0n) is 12.4. The Labute approximate surface area is 126 Å². The zero-order chi connectivity index (χ0) is 15.9. The summed E-state index contributed by atoms with van der Waals surface area (Å²) >= 11 is 0. The summed E-state index contributed by atoms with van der Waals surface area (Å²) in [5, 5.41) is 0. The molecule has 0 amide bonds. The maximum Gasteiger partial charge on any atom is 0.311 e. The number of benzene rings is 1. The van der Waals surface area contributed by atoms with Gasteiger partial charge in [0.25, 0.3) is 10.1 Å². The molecule has 0 fully saturated rings. The van der Waals surface area contributed by atoms with E-state index < -0.39 is 21.0 Å². The van der Waals surface area contributed by atoms with Crippen molar-refractivity contribution in [2.75, 3.05) is 0 Å². The summed E-state index contributed by atoms with van der Waals surface area (Å²) in [6.07, 6.45) is 4.07. The van der Waals surface area contributed by atoms with E-state index in [2.05, 4.69) is 13.8 Å². The number of ether oxygens (including phenoxy) is 1. The third kappa shape index (κ3) is 6.73. The van der Waals surface area contributed by atoms with Crippen LogP contribution in [0.3, 0.4) is 0 Å². The minimum absolute atomic E-state index is 0.132. The Kier molecular flexibility index (Phi) is 6.84. The van der Waals surface area contributed by atoms with Crippen molar-refractivity contribution in [1.29, 1.82) is 0 Å². The van der Waals surface area contributed by atoms with Crippen LogP contribution in [0.25, 0.3) is 0 Å². The molecule has 1 rings (SSSR count). The molecular weight excluding hydrogens is 292 g/mol. The maximum atomic E-state index is 11.7. The average Bonchev–Trinajstić information content (AvgIpc) is 2.37. The van der Waals surface area contributed by atoms with Crippen LogP contribution in [0, 0.1) is 5.92 Å². The second kappa shape index (κ2) is 8.14. The molecular formula is C15H22O5S. The van der Waals surface area contributed by atoms with Gasteiger partial charge in [-0.2, -0.15) is 8.42 Å². The predicted octanol–water partition coefficient (Wildman–Crippen LogP) is 3.45. The highest BCUT2D eigenvalue weighted by Crippen LogP contribution is 2.23. The lowest BCUT2D eigenvalue weighted by Gasteiger charge is -2.08. The minimum Gasteiger partial charge on any atom is -0.425 e. The van der Waals surface area contributed by atoms with Gasteiger partial charge in [-0.15, -0.1) is 0 Å². The van der Waals surface area contributed by atoms with E-state index >= 15 is 0 Å². The summed E-state index contributed by atoms with van der Waals surface area (Å²) in [7, 11) is -4.39. The van der Waals surface area contributed by atoms with Crippen LogP contribution in [0.5, 0.6) is 5.75 Å². The van der Waals surface area contributed by atoms with Gasteiger partial charge in [-0.1, -0.05) is 45.2 Å². The third-order valence-electron chi connectivity index (χ3n) is 3.01. The molecule has 1 aromatic rings. The molecule has 118 valence electrons. The van der Waals surface area contributed by atoms with Crippen molar-refractivity contribution in [3.8, 4) is 5.75 Å². The summed E-state index contributed by atoms with van der Waals surface area (Å²) in [4.78, 5) is 11.3. The molecule has 1 N–H and O–H groups in total. The van der Waals surface area contributed by atoms with Crippen LogP contribution in [-0.2, 0) is 14.9 Å². The second-order valence-electron chi connectivity index (χ2n) is 5.39. The lowest BCUT2D eigenvalue weighted by Crippen LogP contribution is -2.10. The van der Waals surface area contributed by atoms with E-state index in [1.54, 1.807) is 6.07 Å². The van der Waals surface area contributed by atoms with Crippen molar-refractivity contribution in [2.24, 2.45) is 5.92 Å². The van der Waals surface area contributed by atoms with Gasteiger partial charge in [0.1, 0.15) is 4.90 Å². The Balaban J connectivity index is 2.49. The number of hydrogen-bond acceptors (Lipinski definition) is 4. The van der Waals surface area contributed by atoms with E-state index in [4.69, 9.17) is 9.29 Å². The number of para-hydroxylation sites is 1. The first kappa shape index (κ1) is 17.7. The molecule has 0 saturated heterocycles. The molecule has 0 heterocycles. The lowest BCUT2D eigenvalue weighted by molar-refractivity contribution is -0.134. The van der Waals surface area contributed by atoms with Crippen molar-refractivity contribution < 1.29 is 22.5 Å². The Bertz CT molecular complexity index is 563. The Morgan fingerprint density at radius 3 is 2.48 bits per heavy atom. The van der Waals surface area contributed by atoms with E-state index in [0.717, 1.165) is 19.3 Å². The molecule has 1 aromatic carbocycles. The van der Waals surface area contributed by atoms with Crippen LogP contribution in [0.1, 0.15) is 46.0 Å². The fourth-order valence-electron chi connectivity index (χ4n) is 1.92. The molecule has 0 saturated carbocycles. The van der Waals surface area contributed by atoms with Crippen LogP contribution in [-0.4, -0.2) is 18.9 Å². The van der Waals surface area contributed by atoms with Crippen molar-refractivity contribution in [2.45, 2.75) is 50.8 Å². The number of esters is 1. The van der Waals surface area contributed by atoms with Gasteiger partial charge in [0.05, 0.1) is 0 Å². The fourth-order valence-corrected chi connectivity index (χ4v) is 2.53. The second-order valence-corrected chi connectivity index (χ2v) is 6.78. The monoisotopic (exact) mass is 314 g/mol. The normalized spacial score (nSPS) is 11.6. The van der Waals surface area contributed by atoms with E-state index in [-0.39, 0.29) is 12.2 Å². The molecule has 0 unspecified atom stereocenters. The molecule has 0 aliphatic carbocycles. The summed E-state index contributed by atoms with van der Waals surface area (Å²) in [5.74, 6) is 0.0291. The van der Waals surface area contributed by atoms with Gasteiger partial charge in [0, 0.05) is 6.42 Å². The number of carbonyl (C=O) groups is 1. The number of hydrogen-bond donors (Lipinski definition) is 1. The Morgan fingerprint density at radius 1 is 1.19 bits per heavy atom. The minimum atomic E-state index is -4.39. The first-order chi connectivity index (χ1) is 9.80. The van der Waals surface area contributed by atoms with E-state index in [1.807, 2.05) is 0 Å². The molecule has 0 spiro atoms. The molecule has 0 atom stereocenters. The fraction of sp³-hybridized carbons (Fsp3) is 0.533. The Hall–Kier alpha value is -1.40. The topological polar surface area (TPSA) is 80.7 Å². The van der Waals surface area contributed by atoms with Gasteiger partial charge in [-0.25, -0.2) is 0 Å². The van der Waals surface area contributed by atoms with E-state index in [9.17, 15) is 13.2 Å². The first-order valence-corrected chi connectivity index (χ1v) is 8.52. The Morgan fingerprint density at radius 2 is 1.86 bits per heavy atom. The quantitative estimate of drug-likeness (QED) is 0.344. The molecule has 0 bridgehead atoms. The molecule has 21 heavy (non-hydrogen) atoms. The molecule has 0 aromatic heterocycles. The molecule has 6 heteroatoms. The molecule has 5 nitrogen and oxygen atoms in total. The van der Waals surface area contributed by atoms with Gasteiger partial charge in [-0.05, 0) is 24.5 Å². The first-order valence-electron chi connectivity index (χ1n) is 7.08. The summed E-state index contributed by atoms with van der Waals surface area (Å²) in [6.45, 7) is 4.31. The van der Waals surface area contributed by atoms with Gasteiger partial charge in [0.2, 0.25) is 0 Å². The van der Waals surface area contributed by atoms with Crippen molar-refractivity contribution in [3.05, 3.63) is 24.3 Å².